The molecular weight excluding hydrogens is 338 g/mol. The molecule has 0 bridgehead atoms. The molecule has 27 heavy (non-hydrogen) atoms. The summed E-state index contributed by atoms with van der Waals surface area (Å²) in [5.74, 6) is 0.242. The van der Waals surface area contributed by atoms with Gasteiger partial charge in [0.25, 0.3) is 0 Å². The van der Waals surface area contributed by atoms with Gasteiger partial charge in [-0.2, -0.15) is 5.10 Å². The largest absolute Gasteiger partial charge is 0.341 e. The van der Waals surface area contributed by atoms with Crippen LogP contribution in [0.4, 0.5) is 0 Å². The van der Waals surface area contributed by atoms with Crippen molar-refractivity contribution in [2.45, 2.75) is 51.1 Å². The maximum Gasteiger partial charge on any atom is 0.222 e. The van der Waals surface area contributed by atoms with Gasteiger partial charge in [0.15, 0.2) is 0 Å². The van der Waals surface area contributed by atoms with Crippen molar-refractivity contribution in [3.8, 4) is 0 Å². The average molecular weight is 370 g/mol. The zero-order chi connectivity index (χ0) is 18.9. The number of aromatic nitrogens is 3. The minimum Gasteiger partial charge on any atom is -0.341 e. The van der Waals surface area contributed by atoms with Crippen LogP contribution < -0.4 is 0 Å². The van der Waals surface area contributed by atoms with Gasteiger partial charge < -0.3 is 9.80 Å². The molecule has 6 nitrogen and oxygen atoms in total. The third-order valence-electron chi connectivity index (χ3n) is 5.45. The molecule has 1 amide bonds. The summed E-state index contributed by atoms with van der Waals surface area (Å²) < 4.78 is 1.78. The Labute approximate surface area is 162 Å². The maximum atomic E-state index is 12.5. The summed E-state index contributed by atoms with van der Waals surface area (Å²) in [6, 6.07) is 11.0. The van der Waals surface area contributed by atoms with Crippen LogP contribution in [0.3, 0.4) is 0 Å². The third kappa shape index (κ3) is 6.17. The summed E-state index contributed by atoms with van der Waals surface area (Å²) in [6.45, 7) is 4.01. The number of likely N-dealkylation sites (N-methyl/N-ethyl adjacent to an activating group) is 1. The van der Waals surface area contributed by atoms with Crippen LogP contribution >= 0.6 is 0 Å². The lowest BCUT2D eigenvalue weighted by Crippen LogP contribution is -2.48. The van der Waals surface area contributed by atoms with Crippen LogP contribution in [0.25, 0.3) is 0 Å². The Morgan fingerprint density at radius 3 is 2.85 bits per heavy atom. The van der Waals surface area contributed by atoms with Gasteiger partial charge in [-0.1, -0.05) is 30.3 Å². The van der Waals surface area contributed by atoms with Gasteiger partial charge >= 0.3 is 0 Å². The molecular formula is C21H31N5O. The van der Waals surface area contributed by atoms with E-state index in [9.17, 15) is 4.79 Å². The van der Waals surface area contributed by atoms with E-state index >= 15 is 0 Å². The molecule has 1 aromatic heterocycles. The first-order valence-electron chi connectivity index (χ1n) is 10.1. The summed E-state index contributed by atoms with van der Waals surface area (Å²) in [6.07, 6.45) is 9.18. The average Bonchev–Trinajstić information content (AvgIpc) is 3.22. The number of amides is 1. The molecule has 146 valence electrons. The number of rotatable bonds is 9. The number of aryl methyl sites for hydroxylation is 2. The Morgan fingerprint density at radius 2 is 2.07 bits per heavy atom. The monoisotopic (exact) mass is 369 g/mol. The highest BCUT2D eigenvalue weighted by atomic mass is 16.2. The second-order valence-corrected chi connectivity index (χ2v) is 7.45. The lowest BCUT2D eigenvalue weighted by molar-refractivity contribution is -0.133. The van der Waals surface area contributed by atoms with Gasteiger partial charge in [-0.05, 0) is 50.8 Å². The van der Waals surface area contributed by atoms with Crippen molar-refractivity contribution in [3.63, 3.8) is 0 Å². The SMILES string of the molecule is CN(C(=O)CCCn1cncn1)[C@H]1CCCN(CCCc2ccccc2)C1. The normalized spacial score (nSPS) is 17.7. The Bertz CT molecular complexity index is 673. The lowest BCUT2D eigenvalue weighted by atomic mass is 10.0. The minimum absolute atomic E-state index is 0.242. The van der Waals surface area contributed by atoms with Gasteiger partial charge in [0.05, 0.1) is 0 Å². The molecule has 1 saturated heterocycles. The van der Waals surface area contributed by atoms with Crippen LogP contribution in [0.15, 0.2) is 43.0 Å². The fourth-order valence-electron chi connectivity index (χ4n) is 3.82. The molecule has 2 heterocycles. The highest BCUT2D eigenvalue weighted by molar-refractivity contribution is 5.76. The van der Waals surface area contributed by atoms with E-state index in [2.05, 4.69) is 45.3 Å². The number of likely N-dealkylation sites (tertiary alicyclic amines) is 1. The highest BCUT2D eigenvalue weighted by Crippen LogP contribution is 2.17. The standard InChI is InChI=1S/C21H31N5O/c1-24(21(27)12-7-15-26-18-22-17-23-26)20-11-6-14-25(16-20)13-5-10-19-8-3-2-4-9-19/h2-4,8-9,17-18,20H,5-7,10-16H2,1H3/t20-/m0/s1. The number of piperidine rings is 1. The molecule has 0 radical (unpaired) electrons. The van der Waals surface area contributed by atoms with E-state index in [4.69, 9.17) is 0 Å². The molecule has 0 saturated carbocycles. The van der Waals surface area contributed by atoms with Crippen molar-refractivity contribution >= 4 is 5.91 Å². The zero-order valence-corrected chi connectivity index (χ0v) is 16.3. The summed E-state index contributed by atoms with van der Waals surface area (Å²) >= 11 is 0. The molecule has 6 heteroatoms. The number of carbonyl (C=O) groups excluding carboxylic acids is 1. The van der Waals surface area contributed by atoms with Crippen molar-refractivity contribution in [2.24, 2.45) is 0 Å². The van der Waals surface area contributed by atoms with E-state index in [1.165, 1.54) is 24.7 Å². The molecule has 1 aliphatic rings. The van der Waals surface area contributed by atoms with Crippen molar-refractivity contribution in [1.29, 1.82) is 0 Å². The van der Waals surface area contributed by atoms with Crippen molar-refractivity contribution in [3.05, 3.63) is 48.5 Å². The summed E-state index contributed by atoms with van der Waals surface area (Å²) in [5, 5.41) is 4.08. The van der Waals surface area contributed by atoms with E-state index in [1.807, 2.05) is 11.9 Å². The number of hydrogen-bond donors (Lipinski definition) is 0. The van der Waals surface area contributed by atoms with Crippen LogP contribution in [-0.4, -0.2) is 63.2 Å². The highest BCUT2D eigenvalue weighted by Gasteiger charge is 2.25. The van der Waals surface area contributed by atoms with Crippen molar-refractivity contribution < 1.29 is 4.79 Å². The van der Waals surface area contributed by atoms with Gasteiger partial charge in [-0.15, -0.1) is 0 Å². The third-order valence-corrected chi connectivity index (χ3v) is 5.45. The van der Waals surface area contributed by atoms with Crippen molar-refractivity contribution in [1.82, 2.24) is 24.6 Å². The molecule has 0 unspecified atom stereocenters. The van der Waals surface area contributed by atoms with Gasteiger partial charge in [0, 0.05) is 32.6 Å². The molecule has 1 aliphatic heterocycles. The van der Waals surface area contributed by atoms with Gasteiger partial charge in [0.1, 0.15) is 12.7 Å². The summed E-state index contributed by atoms with van der Waals surface area (Å²) in [5.41, 5.74) is 1.41. The Kier molecular flexibility index (Phi) is 7.39. The van der Waals surface area contributed by atoms with Crippen LogP contribution in [0.2, 0.25) is 0 Å². The van der Waals surface area contributed by atoms with Gasteiger partial charge in [0.2, 0.25) is 5.91 Å². The first-order valence-corrected chi connectivity index (χ1v) is 10.1. The topological polar surface area (TPSA) is 54.3 Å². The molecule has 1 atom stereocenters. The second kappa shape index (κ2) is 10.2. The van der Waals surface area contributed by atoms with Crippen LogP contribution in [0.1, 0.15) is 37.7 Å². The fraction of sp³-hybridized carbons (Fsp3) is 0.571. The van der Waals surface area contributed by atoms with Gasteiger partial charge in [-0.25, -0.2) is 4.98 Å². The minimum atomic E-state index is 0.242. The first kappa shape index (κ1) is 19.5. The van der Waals surface area contributed by atoms with E-state index in [1.54, 1.807) is 11.0 Å². The maximum absolute atomic E-state index is 12.5. The van der Waals surface area contributed by atoms with Crippen LogP contribution in [0, 0.1) is 0 Å². The summed E-state index contributed by atoms with van der Waals surface area (Å²) in [4.78, 5) is 21.0. The molecule has 0 spiro atoms. The van der Waals surface area contributed by atoms with E-state index in [0.717, 1.165) is 45.4 Å². The van der Waals surface area contributed by atoms with Crippen LogP contribution in [-0.2, 0) is 17.8 Å². The number of carbonyl (C=O) groups is 1. The second-order valence-electron chi connectivity index (χ2n) is 7.45. The predicted molar refractivity (Wildman–Crippen MR) is 106 cm³/mol. The Morgan fingerprint density at radius 1 is 1.22 bits per heavy atom. The van der Waals surface area contributed by atoms with Crippen LogP contribution in [0.5, 0.6) is 0 Å². The Hall–Kier alpha value is -2.21. The molecule has 0 N–H and O–H groups in total. The molecule has 2 aromatic rings. The lowest BCUT2D eigenvalue weighted by Gasteiger charge is -2.37. The first-order chi connectivity index (χ1) is 13.2. The summed E-state index contributed by atoms with van der Waals surface area (Å²) in [7, 11) is 1.97. The van der Waals surface area contributed by atoms with Gasteiger partial charge in [-0.3, -0.25) is 9.48 Å². The molecule has 1 fully saturated rings. The number of nitrogens with zero attached hydrogens (tertiary/aromatic N) is 5. The smallest absolute Gasteiger partial charge is 0.222 e. The number of benzene rings is 1. The molecule has 1 aromatic carbocycles. The zero-order valence-electron chi connectivity index (χ0n) is 16.3. The Balaban J connectivity index is 1.37. The van der Waals surface area contributed by atoms with E-state index < -0.39 is 0 Å². The van der Waals surface area contributed by atoms with E-state index in [0.29, 0.717) is 12.5 Å². The number of hydrogen-bond acceptors (Lipinski definition) is 4. The predicted octanol–water partition coefficient (Wildman–Crippen LogP) is 2.61. The van der Waals surface area contributed by atoms with E-state index in [-0.39, 0.29) is 5.91 Å². The quantitative estimate of drug-likeness (QED) is 0.682. The molecule has 0 aliphatic carbocycles. The fourth-order valence-corrected chi connectivity index (χ4v) is 3.82. The molecule has 3 rings (SSSR count). The van der Waals surface area contributed by atoms with Crippen molar-refractivity contribution in [2.75, 3.05) is 26.7 Å².